The lowest BCUT2D eigenvalue weighted by atomic mass is 10.1. The van der Waals surface area contributed by atoms with Gasteiger partial charge in [0.25, 0.3) is 0 Å². The summed E-state index contributed by atoms with van der Waals surface area (Å²) in [6.07, 6.45) is 2.49. The molecular formula is C28H37N7O2S. The van der Waals surface area contributed by atoms with Crippen molar-refractivity contribution in [1.82, 2.24) is 14.9 Å². The third kappa shape index (κ3) is 5.28. The maximum atomic E-state index is 13.2. The standard InChI is InChI=1S/C28H37N7O2S/c1-20-19-29-27(31-22-8-10-24(11-9-22)34-16-14-33(5)15-17-34)32-26(20)30-23-7-6-21-12-13-35(25(21)18-23)38(36,37)28(2,3)4/h6-11,18-19H,12-17H2,1-5H3,(H2,29,30,31,32). The molecule has 1 aromatic heterocycles. The lowest BCUT2D eigenvalue weighted by Crippen LogP contribution is -2.44. The molecule has 1 saturated heterocycles. The minimum atomic E-state index is -3.48. The van der Waals surface area contributed by atoms with Crippen LogP contribution in [0.1, 0.15) is 31.9 Å². The zero-order valence-electron chi connectivity index (χ0n) is 22.8. The monoisotopic (exact) mass is 535 g/mol. The number of fused-ring (bicyclic) bond motifs is 1. The van der Waals surface area contributed by atoms with Crippen molar-refractivity contribution in [1.29, 1.82) is 0 Å². The second-order valence-electron chi connectivity index (χ2n) is 11.1. The number of hydrogen-bond donors (Lipinski definition) is 2. The summed E-state index contributed by atoms with van der Waals surface area (Å²) in [5.41, 5.74) is 5.57. The van der Waals surface area contributed by atoms with E-state index in [4.69, 9.17) is 4.98 Å². The van der Waals surface area contributed by atoms with Crippen molar-refractivity contribution >= 4 is 44.5 Å². The first kappa shape index (κ1) is 26.2. The van der Waals surface area contributed by atoms with E-state index in [2.05, 4.69) is 56.7 Å². The molecule has 0 spiro atoms. The number of likely N-dealkylation sites (N-methyl/N-ethyl adjacent to an activating group) is 1. The van der Waals surface area contributed by atoms with Crippen molar-refractivity contribution in [2.45, 2.75) is 38.9 Å². The highest BCUT2D eigenvalue weighted by molar-refractivity contribution is 7.94. The molecule has 202 valence electrons. The molecule has 3 heterocycles. The van der Waals surface area contributed by atoms with Gasteiger partial charge in [-0.2, -0.15) is 4.98 Å². The van der Waals surface area contributed by atoms with Gasteiger partial charge < -0.3 is 20.4 Å². The first-order valence-electron chi connectivity index (χ1n) is 13.1. The van der Waals surface area contributed by atoms with Gasteiger partial charge in [-0.15, -0.1) is 0 Å². The predicted octanol–water partition coefficient (Wildman–Crippen LogP) is 4.51. The van der Waals surface area contributed by atoms with Crippen molar-refractivity contribution in [3.05, 3.63) is 59.8 Å². The van der Waals surface area contributed by atoms with Crippen LogP contribution in [0, 0.1) is 6.92 Å². The maximum absolute atomic E-state index is 13.2. The van der Waals surface area contributed by atoms with Gasteiger partial charge in [-0.3, -0.25) is 4.31 Å². The van der Waals surface area contributed by atoms with Crippen LogP contribution in [0.15, 0.2) is 48.7 Å². The number of benzene rings is 2. The summed E-state index contributed by atoms with van der Waals surface area (Å²) in [6.45, 7) is 11.8. The Morgan fingerprint density at radius 2 is 1.58 bits per heavy atom. The third-order valence-corrected chi connectivity index (χ3v) is 9.74. The normalized spacial score (nSPS) is 16.4. The van der Waals surface area contributed by atoms with Gasteiger partial charge in [-0.05, 0) is 83.1 Å². The second kappa shape index (κ2) is 10.1. The fraction of sp³-hybridized carbons (Fsp3) is 0.429. The Balaban J connectivity index is 1.31. The molecule has 3 aromatic rings. The zero-order valence-corrected chi connectivity index (χ0v) is 23.6. The molecular weight excluding hydrogens is 498 g/mol. The molecule has 2 aliphatic heterocycles. The molecule has 2 N–H and O–H groups in total. The van der Waals surface area contributed by atoms with E-state index >= 15 is 0 Å². The van der Waals surface area contributed by atoms with E-state index in [1.165, 1.54) is 5.69 Å². The lowest BCUT2D eigenvalue weighted by Gasteiger charge is -2.34. The van der Waals surface area contributed by atoms with Gasteiger partial charge in [-0.25, -0.2) is 13.4 Å². The Hall–Kier alpha value is -3.37. The van der Waals surface area contributed by atoms with Gasteiger partial charge in [0.05, 0.1) is 10.4 Å². The van der Waals surface area contributed by atoms with Gasteiger partial charge in [0.1, 0.15) is 5.82 Å². The number of nitrogens with one attached hydrogen (secondary N) is 2. The Labute approximate surface area is 225 Å². The van der Waals surface area contributed by atoms with E-state index < -0.39 is 14.8 Å². The Morgan fingerprint density at radius 3 is 2.26 bits per heavy atom. The molecule has 0 bridgehead atoms. The first-order valence-corrected chi connectivity index (χ1v) is 14.5. The number of anilines is 6. The number of rotatable bonds is 6. The molecule has 2 aromatic carbocycles. The molecule has 9 nitrogen and oxygen atoms in total. The van der Waals surface area contributed by atoms with Crippen LogP contribution in [-0.2, 0) is 16.4 Å². The van der Waals surface area contributed by atoms with E-state index in [0.717, 1.165) is 54.4 Å². The molecule has 0 saturated carbocycles. The van der Waals surface area contributed by atoms with Crippen molar-refractivity contribution in [3.8, 4) is 0 Å². The Morgan fingerprint density at radius 1 is 0.895 bits per heavy atom. The maximum Gasteiger partial charge on any atom is 0.240 e. The lowest BCUT2D eigenvalue weighted by molar-refractivity contribution is 0.313. The fourth-order valence-electron chi connectivity index (χ4n) is 4.72. The van der Waals surface area contributed by atoms with E-state index in [-0.39, 0.29) is 0 Å². The molecule has 0 aliphatic carbocycles. The van der Waals surface area contributed by atoms with Crippen LogP contribution in [-0.4, -0.2) is 67.8 Å². The number of sulfonamides is 1. The quantitative estimate of drug-likeness (QED) is 0.476. The summed E-state index contributed by atoms with van der Waals surface area (Å²) < 4.78 is 27.0. The van der Waals surface area contributed by atoms with Crippen molar-refractivity contribution in [2.24, 2.45) is 0 Å². The van der Waals surface area contributed by atoms with Gasteiger partial charge in [-0.1, -0.05) is 6.07 Å². The third-order valence-electron chi connectivity index (χ3n) is 7.23. The summed E-state index contributed by atoms with van der Waals surface area (Å²) in [4.78, 5) is 13.9. The van der Waals surface area contributed by atoms with Crippen LogP contribution in [0.5, 0.6) is 0 Å². The van der Waals surface area contributed by atoms with Gasteiger partial charge in [0.2, 0.25) is 16.0 Å². The molecule has 0 radical (unpaired) electrons. The molecule has 0 amide bonds. The van der Waals surface area contributed by atoms with E-state index in [1.54, 1.807) is 31.3 Å². The molecule has 38 heavy (non-hydrogen) atoms. The largest absolute Gasteiger partial charge is 0.369 e. The van der Waals surface area contributed by atoms with Crippen molar-refractivity contribution < 1.29 is 8.42 Å². The smallest absolute Gasteiger partial charge is 0.240 e. The molecule has 5 rings (SSSR count). The number of aromatic nitrogens is 2. The highest BCUT2D eigenvalue weighted by Crippen LogP contribution is 2.37. The number of aryl methyl sites for hydroxylation is 1. The van der Waals surface area contributed by atoms with Crippen LogP contribution < -0.4 is 19.8 Å². The summed E-state index contributed by atoms with van der Waals surface area (Å²) in [5.74, 6) is 1.16. The van der Waals surface area contributed by atoms with Gasteiger partial charge >= 0.3 is 0 Å². The highest BCUT2D eigenvalue weighted by Gasteiger charge is 2.38. The molecule has 0 unspecified atom stereocenters. The average molecular weight is 536 g/mol. The number of nitrogens with zero attached hydrogens (tertiary/aromatic N) is 5. The van der Waals surface area contributed by atoms with Crippen LogP contribution in [0.4, 0.5) is 34.5 Å². The van der Waals surface area contributed by atoms with Crippen molar-refractivity contribution in [3.63, 3.8) is 0 Å². The van der Waals surface area contributed by atoms with Crippen molar-refractivity contribution in [2.75, 3.05) is 59.6 Å². The second-order valence-corrected chi connectivity index (χ2v) is 13.7. The SMILES string of the molecule is Cc1cnc(Nc2ccc(N3CCN(C)CC3)cc2)nc1Nc1ccc2c(c1)N(S(=O)(=O)C(C)(C)C)CC2. The summed E-state index contributed by atoms with van der Waals surface area (Å²) in [7, 11) is -1.32. The minimum Gasteiger partial charge on any atom is -0.369 e. The summed E-state index contributed by atoms with van der Waals surface area (Å²) in [6, 6.07) is 14.2. The molecule has 1 fully saturated rings. The van der Waals surface area contributed by atoms with E-state index in [9.17, 15) is 8.42 Å². The topological polar surface area (TPSA) is 93.7 Å². The first-order chi connectivity index (χ1) is 18.0. The predicted molar refractivity (Wildman–Crippen MR) is 156 cm³/mol. The van der Waals surface area contributed by atoms with Crippen LogP contribution in [0.3, 0.4) is 0 Å². The number of hydrogen-bond acceptors (Lipinski definition) is 8. The summed E-state index contributed by atoms with van der Waals surface area (Å²) >= 11 is 0. The van der Waals surface area contributed by atoms with Gasteiger partial charge in [0.15, 0.2) is 0 Å². The average Bonchev–Trinajstić information content (AvgIpc) is 3.30. The van der Waals surface area contributed by atoms with E-state index in [1.807, 2.05) is 25.1 Å². The summed E-state index contributed by atoms with van der Waals surface area (Å²) in [5, 5.41) is 6.67. The van der Waals surface area contributed by atoms with Gasteiger partial charge in [0, 0.05) is 61.5 Å². The number of piperazine rings is 1. The highest BCUT2D eigenvalue weighted by atomic mass is 32.2. The molecule has 10 heteroatoms. The minimum absolute atomic E-state index is 0.465. The van der Waals surface area contributed by atoms with Crippen LogP contribution in [0.25, 0.3) is 0 Å². The van der Waals surface area contributed by atoms with E-state index in [0.29, 0.717) is 24.7 Å². The molecule has 0 atom stereocenters. The zero-order chi connectivity index (χ0) is 27.1. The fourth-order valence-corrected chi connectivity index (χ4v) is 6.14. The van der Waals surface area contributed by atoms with Crippen LogP contribution >= 0.6 is 0 Å². The van der Waals surface area contributed by atoms with Crippen LogP contribution in [0.2, 0.25) is 0 Å². The Kier molecular flexibility index (Phi) is 6.96. The molecule has 2 aliphatic rings. The Bertz CT molecular complexity index is 1410.